The van der Waals surface area contributed by atoms with E-state index in [4.69, 9.17) is 32.7 Å². The minimum absolute atomic E-state index is 0.0944. The van der Waals surface area contributed by atoms with Crippen molar-refractivity contribution in [2.75, 3.05) is 20.8 Å². The molecule has 0 saturated heterocycles. The number of hydrogen-bond acceptors (Lipinski definition) is 7. The standard InChI is InChI=1S/C24H19Cl2NO6/c1-11-18(24(30)32-3)19(20-21(27-11)13-6-4-5-7-14(13)22(20)29)12-8-15(25)23(16(26)9-12)33-10-17(28)31-2/h4-9,19,27H,10H2,1-3H3/t19-/m0/s1. The molecule has 0 saturated carbocycles. The van der Waals surface area contributed by atoms with Gasteiger partial charge in [-0.25, -0.2) is 9.59 Å². The van der Waals surface area contributed by atoms with Crippen LogP contribution in [-0.4, -0.2) is 38.5 Å². The predicted molar refractivity (Wildman–Crippen MR) is 122 cm³/mol. The quantitative estimate of drug-likeness (QED) is 0.629. The monoisotopic (exact) mass is 487 g/mol. The second-order valence-corrected chi connectivity index (χ2v) is 8.24. The summed E-state index contributed by atoms with van der Waals surface area (Å²) in [6, 6.07) is 10.3. The molecule has 2 aliphatic rings. The summed E-state index contributed by atoms with van der Waals surface area (Å²) in [5.41, 5.74) is 3.64. The smallest absolute Gasteiger partial charge is 0.343 e. The molecule has 2 aromatic rings. The third-order valence-electron chi connectivity index (χ3n) is 5.57. The van der Waals surface area contributed by atoms with E-state index in [0.29, 0.717) is 28.1 Å². The number of halogens is 2. The molecule has 1 aliphatic carbocycles. The van der Waals surface area contributed by atoms with Crippen LogP contribution in [-0.2, 0) is 19.1 Å². The molecule has 7 nitrogen and oxygen atoms in total. The number of carbonyl (C=O) groups excluding carboxylic acids is 3. The lowest BCUT2D eigenvalue weighted by atomic mass is 9.80. The number of hydrogen-bond donors (Lipinski definition) is 1. The fraction of sp³-hybridized carbons (Fsp3) is 0.208. The zero-order chi connectivity index (χ0) is 23.9. The molecule has 0 radical (unpaired) electrons. The molecule has 1 heterocycles. The van der Waals surface area contributed by atoms with Crippen molar-refractivity contribution in [1.82, 2.24) is 5.32 Å². The van der Waals surface area contributed by atoms with Gasteiger partial charge in [0.25, 0.3) is 0 Å². The van der Waals surface area contributed by atoms with Gasteiger partial charge in [0.05, 0.1) is 35.5 Å². The molecule has 1 aliphatic heterocycles. The Morgan fingerprint density at radius 3 is 2.27 bits per heavy atom. The fourth-order valence-corrected chi connectivity index (χ4v) is 4.73. The highest BCUT2D eigenvalue weighted by Crippen LogP contribution is 2.48. The second-order valence-electron chi connectivity index (χ2n) is 7.43. The lowest BCUT2D eigenvalue weighted by molar-refractivity contribution is -0.143. The molecule has 0 bridgehead atoms. The van der Waals surface area contributed by atoms with Crippen LogP contribution >= 0.6 is 23.2 Å². The average Bonchev–Trinajstić information content (AvgIpc) is 3.08. The molecule has 33 heavy (non-hydrogen) atoms. The maximum Gasteiger partial charge on any atom is 0.343 e. The zero-order valence-electron chi connectivity index (χ0n) is 18.0. The maximum absolute atomic E-state index is 13.4. The first-order valence-corrected chi connectivity index (χ1v) is 10.7. The van der Waals surface area contributed by atoms with Gasteiger partial charge in [-0.1, -0.05) is 47.5 Å². The molecule has 0 fully saturated rings. The second kappa shape index (κ2) is 8.92. The van der Waals surface area contributed by atoms with Crippen LogP contribution in [0.4, 0.5) is 0 Å². The summed E-state index contributed by atoms with van der Waals surface area (Å²) in [5, 5.41) is 3.44. The van der Waals surface area contributed by atoms with Crippen molar-refractivity contribution in [3.63, 3.8) is 0 Å². The van der Waals surface area contributed by atoms with Crippen molar-refractivity contribution in [1.29, 1.82) is 0 Å². The summed E-state index contributed by atoms with van der Waals surface area (Å²) in [4.78, 5) is 37.6. The largest absolute Gasteiger partial charge is 0.479 e. The van der Waals surface area contributed by atoms with Crippen LogP contribution in [0.1, 0.15) is 34.3 Å². The van der Waals surface area contributed by atoms with E-state index in [1.165, 1.54) is 14.2 Å². The predicted octanol–water partition coefficient (Wildman–Crippen LogP) is 4.29. The Morgan fingerprint density at radius 1 is 1.03 bits per heavy atom. The number of rotatable bonds is 5. The van der Waals surface area contributed by atoms with E-state index in [9.17, 15) is 14.4 Å². The first-order chi connectivity index (χ1) is 15.8. The summed E-state index contributed by atoms with van der Waals surface area (Å²) < 4.78 is 15.0. The number of dihydropyridines is 1. The topological polar surface area (TPSA) is 90.9 Å². The Hall–Kier alpha value is -3.29. The van der Waals surface area contributed by atoms with Gasteiger partial charge >= 0.3 is 11.9 Å². The molecular weight excluding hydrogens is 469 g/mol. The first kappa shape index (κ1) is 22.9. The molecule has 1 atom stereocenters. The van der Waals surface area contributed by atoms with Gasteiger partial charge in [0.2, 0.25) is 0 Å². The summed E-state index contributed by atoms with van der Waals surface area (Å²) in [7, 11) is 2.51. The number of ether oxygens (including phenoxy) is 3. The lowest BCUT2D eigenvalue weighted by Crippen LogP contribution is -2.29. The molecule has 4 rings (SSSR count). The van der Waals surface area contributed by atoms with Gasteiger partial charge in [0.15, 0.2) is 18.1 Å². The zero-order valence-corrected chi connectivity index (χ0v) is 19.5. The van der Waals surface area contributed by atoms with E-state index in [1.54, 1.807) is 31.2 Å². The van der Waals surface area contributed by atoms with Gasteiger partial charge in [-0.15, -0.1) is 0 Å². The Morgan fingerprint density at radius 2 is 1.67 bits per heavy atom. The van der Waals surface area contributed by atoms with Crippen LogP contribution in [0.15, 0.2) is 53.2 Å². The summed E-state index contributed by atoms with van der Waals surface area (Å²) in [5.74, 6) is -2.07. The van der Waals surface area contributed by atoms with Crippen molar-refractivity contribution in [2.24, 2.45) is 0 Å². The van der Waals surface area contributed by atoms with Crippen LogP contribution in [0.2, 0.25) is 10.0 Å². The van der Waals surface area contributed by atoms with Crippen LogP contribution in [0, 0.1) is 0 Å². The lowest BCUT2D eigenvalue weighted by Gasteiger charge is -2.29. The van der Waals surface area contributed by atoms with E-state index in [2.05, 4.69) is 10.1 Å². The van der Waals surface area contributed by atoms with Crippen LogP contribution < -0.4 is 10.1 Å². The van der Waals surface area contributed by atoms with Crippen molar-refractivity contribution in [2.45, 2.75) is 12.8 Å². The van der Waals surface area contributed by atoms with E-state index in [1.807, 2.05) is 12.1 Å². The van der Waals surface area contributed by atoms with Crippen molar-refractivity contribution < 1.29 is 28.6 Å². The maximum atomic E-state index is 13.4. The number of methoxy groups -OCH3 is 2. The van der Waals surface area contributed by atoms with Crippen LogP contribution in [0.25, 0.3) is 5.70 Å². The highest BCUT2D eigenvalue weighted by molar-refractivity contribution is 6.37. The molecule has 1 N–H and O–H groups in total. The molecule has 9 heteroatoms. The third kappa shape index (κ3) is 3.87. The van der Waals surface area contributed by atoms with Gasteiger partial charge in [-0.2, -0.15) is 0 Å². The highest BCUT2D eigenvalue weighted by Gasteiger charge is 2.43. The molecule has 0 unspecified atom stereocenters. The number of allylic oxidation sites excluding steroid dienone is 2. The number of nitrogens with one attached hydrogen (secondary N) is 1. The summed E-state index contributed by atoms with van der Waals surface area (Å²) in [6.45, 7) is 1.36. The number of ketones is 1. The Labute approximate surface area is 199 Å². The fourth-order valence-electron chi connectivity index (χ4n) is 4.12. The van der Waals surface area contributed by atoms with Crippen molar-refractivity contribution >= 4 is 46.6 Å². The summed E-state index contributed by atoms with van der Waals surface area (Å²) in [6.07, 6.45) is 0. The molecule has 0 spiro atoms. The van der Waals surface area contributed by atoms with Crippen molar-refractivity contribution in [3.8, 4) is 5.75 Å². The molecule has 2 aromatic carbocycles. The number of esters is 2. The van der Waals surface area contributed by atoms with Gasteiger partial charge < -0.3 is 19.5 Å². The SMILES string of the molecule is COC(=O)COc1c(Cl)cc([C@H]2C(C(=O)OC)=C(C)NC3=C2C(=O)c2ccccc23)cc1Cl. The van der Waals surface area contributed by atoms with Crippen LogP contribution in [0.3, 0.4) is 0 Å². The molecule has 0 amide bonds. The third-order valence-corrected chi connectivity index (χ3v) is 6.13. The van der Waals surface area contributed by atoms with Gasteiger partial charge in [0, 0.05) is 28.3 Å². The normalized spacial score (nSPS) is 16.8. The number of benzene rings is 2. The Balaban J connectivity index is 1.86. The van der Waals surface area contributed by atoms with E-state index < -0.39 is 17.9 Å². The van der Waals surface area contributed by atoms with E-state index in [0.717, 1.165) is 5.56 Å². The number of fused-ring (bicyclic) bond motifs is 2. The minimum Gasteiger partial charge on any atom is -0.479 e. The first-order valence-electron chi connectivity index (χ1n) is 9.91. The number of Topliss-reactive ketones (excluding diaryl/α,β-unsaturated/α-hetero) is 1. The molecule has 170 valence electrons. The highest BCUT2D eigenvalue weighted by atomic mass is 35.5. The van der Waals surface area contributed by atoms with Gasteiger partial charge in [0.1, 0.15) is 0 Å². The molecular formula is C24H19Cl2NO6. The van der Waals surface area contributed by atoms with E-state index in [-0.39, 0.29) is 33.8 Å². The van der Waals surface area contributed by atoms with Gasteiger partial charge in [-0.3, -0.25) is 4.79 Å². The Bertz CT molecular complexity index is 1240. The van der Waals surface area contributed by atoms with Crippen molar-refractivity contribution in [3.05, 3.63) is 80.0 Å². The minimum atomic E-state index is -0.779. The van der Waals surface area contributed by atoms with E-state index >= 15 is 0 Å². The molecule has 0 aromatic heterocycles. The number of carbonyl (C=O) groups is 3. The summed E-state index contributed by atoms with van der Waals surface area (Å²) >= 11 is 12.9. The Kier molecular flexibility index (Phi) is 6.19. The van der Waals surface area contributed by atoms with Gasteiger partial charge in [-0.05, 0) is 24.6 Å². The van der Waals surface area contributed by atoms with Crippen LogP contribution in [0.5, 0.6) is 5.75 Å². The average molecular weight is 488 g/mol.